The van der Waals surface area contributed by atoms with E-state index < -0.39 is 6.04 Å². The highest BCUT2D eigenvalue weighted by molar-refractivity contribution is 5.80. The summed E-state index contributed by atoms with van der Waals surface area (Å²) in [5, 5.41) is 13.6. The van der Waals surface area contributed by atoms with Gasteiger partial charge in [0.15, 0.2) is 5.82 Å². The van der Waals surface area contributed by atoms with E-state index in [1.54, 1.807) is 23.9 Å². The number of aromatic nitrogens is 5. The van der Waals surface area contributed by atoms with Crippen LogP contribution in [0.2, 0.25) is 0 Å². The monoisotopic (exact) mass is 519 g/mol. The number of hydrogen-bond donors (Lipinski definition) is 1. The van der Waals surface area contributed by atoms with Gasteiger partial charge in [0.2, 0.25) is 0 Å². The van der Waals surface area contributed by atoms with E-state index in [1.165, 1.54) is 12.1 Å². The lowest BCUT2D eigenvalue weighted by atomic mass is 10.0. The highest BCUT2D eigenvalue weighted by atomic mass is 19.1. The molecule has 0 bridgehead atoms. The van der Waals surface area contributed by atoms with Crippen LogP contribution in [0.3, 0.4) is 0 Å². The second-order valence-electron chi connectivity index (χ2n) is 9.76. The number of hydrogen-bond acceptors (Lipinski definition) is 8. The number of halogens is 1. The van der Waals surface area contributed by atoms with Crippen molar-refractivity contribution in [3.63, 3.8) is 0 Å². The molecule has 2 fully saturated rings. The number of anilines is 1. The third-order valence-corrected chi connectivity index (χ3v) is 7.45. The molecule has 198 valence electrons. The van der Waals surface area contributed by atoms with Crippen LogP contribution in [-0.4, -0.2) is 76.1 Å². The van der Waals surface area contributed by atoms with Gasteiger partial charge in [-0.2, -0.15) is 0 Å². The number of piperazine rings is 1. The first-order chi connectivity index (χ1) is 18.6. The van der Waals surface area contributed by atoms with E-state index in [2.05, 4.69) is 30.3 Å². The first kappa shape index (κ1) is 24.5. The molecule has 2 aliphatic heterocycles. The lowest BCUT2D eigenvalue weighted by Crippen LogP contribution is -2.49. The molecule has 2 saturated heterocycles. The van der Waals surface area contributed by atoms with E-state index in [0.29, 0.717) is 36.8 Å². The molecule has 10 nitrogen and oxygen atoms in total. The van der Waals surface area contributed by atoms with Crippen LogP contribution in [0.5, 0.6) is 5.75 Å². The lowest BCUT2D eigenvalue weighted by Gasteiger charge is -2.39. The molecule has 0 amide bonds. The van der Waals surface area contributed by atoms with Crippen LogP contribution in [0.4, 0.5) is 10.1 Å². The molecule has 4 heterocycles. The molecule has 0 radical (unpaired) electrons. The smallest absolute Gasteiger partial charge is 0.253 e. The lowest BCUT2D eigenvalue weighted by molar-refractivity contribution is 0.0906. The molecule has 1 N–H and O–H groups in total. The predicted molar refractivity (Wildman–Crippen MR) is 140 cm³/mol. The van der Waals surface area contributed by atoms with E-state index in [9.17, 15) is 9.18 Å². The molecule has 4 aromatic rings. The average molecular weight is 520 g/mol. The number of rotatable bonds is 7. The highest BCUT2D eigenvalue weighted by Crippen LogP contribution is 2.30. The van der Waals surface area contributed by atoms with Crippen molar-refractivity contribution in [1.29, 1.82) is 0 Å². The van der Waals surface area contributed by atoms with Crippen LogP contribution in [0.15, 0.2) is 53.3 Å². The third kappa shape index (κ3) is 4.86. The van der Waals surface area contributed by atoms with Crippen molar-refractivity contribution in [3.8, 4) is 5.75 Å². The third-order valence-electron chi connectivity index (χ3n) is 7.45. The summed E-state index contributed by atoms with van der Waals surface area (Å²) in [4.78, 5) is 21.0. The summed E-state index contributed by atoms with van der Waals surface area (Å²) in [6.45, 7) is 4.05. The van der Waals surface area contributed by atoms with Crippen LogP contribution in [0.1, 0.15) is 30.3 Å². The number of nitrogens with zero attached hydrogens (tertiary/aromatic N) is 6. The van der Waals surface area contributed by atoms with Crippen molar-refractivity contribution in [1.82, 2.24) is 30.1 Å². The van der Waals surface area contributed by atoms with Crippen molar-refractivity contribution in [2.24, 2.45) is 0 Å². The van der Waals surface area contributed by atoms with Gasteiger partial charge < -0.3 is 19.4 Å². The number of H-pyrrole nitrogens is 1. The Hall–Kier alpha value is -3.83. The van der Waals surface area contributed by atoms with Gasteiger partial charge in [0.1, 0.15) is 17.6 Å². The number of pyridine rings is 1. The molecule has 2 aliphatic rings. The minimum absolute atomic E-state index is 0.0485. The Morgan fingerprint density at radius 3 is 2.68 bits per heavy atom. The minimum Gasteiger partial charge on any atom is -0.497 e. The fourth-order valence-corrected chi connectivity index (χ4v) is 5.44. The Labute approximate surface area is 219 Å². The molecule has 0 spiro atoms. The summed E-state index contributed by atoms with van der Waals surface area (Å²) in [6, 6.07) is 13.6. The molecule has 2 aromatic heterocycles. The number of fused-ring (bicyclic) bond motifs is 1. The van der Waals surface area contributed by atoms with Crippen LogP contribution in [0, 0.1) is 5.82 Å². The van der Waals surface area contributed by atoms with Crippen molar-refractivity contribution < 1.29 is 13.9 Å². The van der Waals surface area contributed by atoms with Gasteiger partial charge in [-0.15, -0.1) is 5.10 Å². The number of aromatic amines is 1. The summed E-state index contributed by atoms with van der Waals surface area (Å²) in [5.41, 5.74) is 2.10. The summed E-state index contributed by atoms with van der Waals surface area (Å²) in [6.07, 6.45) is 2.02. The second kappa shape index (κ2) is 10.5. The first-order valence-electron chi connectivity index (χ1n) is 12.9. The SMILES string of the molecule is COc1ccc2[nH]c(=O)c([C@H](c3nnnn3C[C@@H]3CCCO3)N3CCN(c4ccc(F)cc4)CC3)cc2c1. The zero-order valence-electron chi connectivity index (χ0n) is 21.2. The maximum absolute atomic E-state index is 13.5. The maximum Gasteiger partial charge on any atom is 0.253 e. The molecular formula is C27H30FN7O3. The van der Waals surface area contributed by atoms with E-state index in [4.69, 9.17) is 9.47 Å². The van der Waals surface area contributed by atoms with Crippen LogP contribution in [-0.2, 0) is 11.3 Å². The van der Waals surface area contributed by atoms with Crippen LogP contribution >= 0.6 is 0 Å². The fraction of sp³-hybridized carbons (Fsp3) is 0.407. The van der Waals surface area contributed by atoms with Gasteiger partial charge in [-0.25, -0.2) is 9.07 Å². The normalized spacial score (nSPS) is 19.2. The van der Waals surface area contributed by atoms with Gasteiger partial charge in [-0.1, -0.05) is 0 Å². The molecule has 38 heavy (non-hydrogen) atoms. The Balaban J connectivity index is 1.36. The van der Waals surface area contributed by atoms with Gasteiger partial charge in [0.25, 0.3) is 5.56 Å². The molecular weight excluding hydrogens is 489 g/mol. The summed E-state index contributed by atoms with van der Waals surface area (Å²) in [7, 11) is 1.62. The number of methoxy groups -OCH3 is 1. The van der Waals surface area contributed by atoms with Gasteiger partial charge in [-0.3, -0.25) is 9.69 Å². The van der Waals surface area contributed by atoms with Crippen LogP contribution in [0.25, 0.3) is 10.9 Å². The van der Waals surface area contributed by atoms with E-state index >= 15 is 0 Å². The van der Waals surface area contributed by atoms with E-state index in [1.807, 2.05) is 24.3 Å². The van der Waals surface area contributed by atoms with Crippen LogP contribution < -0.4 is 15.2 Å². The Morgan fingerprint density at radius 2 is 1.95 bits per heavy atom. The first-order valence-corrected chi connectivity index (χ1v) is 12.9. The fourth-order valence-electron chi connectivity index (χ4n) is 5.44. The van der Waals surface area contributed by atoms with Crippen molar-refractivity contribution >= 4 is 16.6 Å². The predicted octanol–water partition coefficient (Wildman–Crippen LogP) is 2.75. The van der Waals surface area contributed by atoms with Gasteiger partial charge in [-0.05, 0) is 71.8 Å². The number of ether oxygens (including phenoxy) is 2. The van der Waals surface area contributed by atoms with Crippen molar-refractivity contribution in [2.45, 2.75) is 31.5 Å². The summed E-state index contributed by atoms with van der Waals surface area (Å²) >= 11 is 0. The van der Waals surface area contributed by atoms with Crippen molar-refractivity contribution in [3.05, 3.63) is 76.1 Å². The van der Waals surface area contributed by atoms with E-state index in [0.717, 1.165) is 49.1 Å². The molecule has 2 aromatic carbocycles. The van der Waals surface area contributed by atoms with Gasteiger partial charge >= 0.3 is 0 Å². The van der Waals surface area contributed by atoms with E-state index in [-0.39, 0.29) is 17.5 Å². The topological polar surface area (TPSA) is 101 Å². The Kier molecular flexibility index (Phi) is 6.77. The minimum atomic E-state index is -0.457. The summed E-state index contributed by atoms with van der Waals surface area (Å²) < 4.78 is 26.5. The molecule has 0 aliphatic carbocycles. The molecule has 2 atom stereocenters. The zero-order chi connectivity index (χ0) is 26.1. The number of benzene rings is 2. The van der Waals surface area contributed by atoms with Gasteiger partial charge in [0.05, 0.1) is 19.8 Å². The zero-order valence-corrected chi connectivity index (χ0v) is 21.2. The highest BCUT2D eigenvalue weighted by Gasteiger charge is 2.33. The standard InChI is InChI=1S/C27H30FN7O3/c1-37-21-8-9-24-18(15-21)16-23(27(36)29-24)25(26-30-31-32-35(26)17-22-3-2-14-38-22)34-12-10-33(11-13-34)20-6-4-19(28)5-7-20/h4-9,15-16,22,25H,2-3,10-14,17H2,1H3,(H,29,36)/t22-,25+/m0/s1. The largest absolute Gasteiger partial charge is 0.497 e. The maximum atomic E-state index is 13.5. The number of tetrazole rings is 1. The molecule has 11 heteroatoms. The summed E-state index contributed by atoms with van der Waals surface area (Å²) in [5.74, 6) is 1.07. The quantitative estimate of drug-likeness (QED) is 0.398. The second-order valence-corrected chi connectivity index (χ2v) is 9.76. The molecule has 0 unspecified atom stereocenters. The average Bonchev–Trinajstić information content (AvgIpc) is 3.63. The molecule has 6 rings (SSSR count). The number of nitrogens with one attached hydrogen (secondary N) is 1. The van der Waals surface area contributed by atoms with Crippen molar-refractivity contribution in [2.75, 3.05) is 44.8 Å². The molecule has 0 saturated carbocycles. The Morgan fingerprint density at radius 1 is 1.13 bits per heavy atom. The Bertz CT molecular complexity index is 1460. The van der Waals surface area contributed by atoms with Gasteiger partial charge in [0, 0.05) is 54.9 Å².